The number of anilines is 1. The Hall–Kier alpha value is -1.94. The van der Waals surface area contributed by atoms with E-state index in [1.54, 1.807) is 18.9 Å². The number of rotatable bonds is 2. The normalized spacial score (nSPS) is 13.7. The minimum atomic E-state index is 0.0288. The molecule has 2 aromatic carbocycles. The Morgan fingerprint density at radius 3 is 2.86 bits per heavy atom. The molecule has 3 nitrogen and oxygen atoms in total. The molecule has 0 unspecified atom stereocenters. The highest BCUT2D eigenvalue weighted by Crippen LogP contribution is 2.35. The second kappa shape index (κ2) is 5.82. The summed E-state index contributed by atoms with van der Waals surface area (Å²) in [5, 5.41) is 0. The van der Waals surface area contributed by atoms with Gasteiger partial charge in [-0.2, -0.15) is 0 Å². The Morgan fingerprint density at radius 1 is 1.24 bits per heavy atom. The van der Waals surface area contributed by atoms with Gasteiger partial charge in [-0.3, -0.25) is 4.79 Å². The summed E-state index contributed by atoms with van der Waals surface area (Å²) in [7, 11) is 1.63. The number of aryl methyl sites for hydroxylation is 1. The van der Waals surface area contributed by atoms with Gasteiger partial charge in [0.2, 0.25) is 0 Å². The minimum Gasteiger partial charge on any atom is -0.496 e. The molecule has 21 heavy (non-hydrogen) atoms. The van der Waals surface area contributed by atoms with Crippen LogP contribution in [-0.4, -0.2) is 25.3 Å². The molecule has 1 amide bonds. The Kier molecular flexibility index (Phi) is 3.88. The molecule has 0 radical (unpaired) electrons. The van der Waals surface area contributed by atoms with Crippen LogP contribution in [0.15, 0.2) is 47.4 Å². The van der Waals surface area contributed by atoms with Crippen molar-refractivity contribution in [3.63, 3.8) is 0 Å². The molecule has 0 saturated carbocycles. The first kappa shape index (κ1) is 14.0. The topological polar surface area (TPSA) is 29.5 Å². The third-order valence-electron chi connectivity index (χ3n) is 3.63. The van der Waals surface area contributed by atoms with Crippen molar-refractivity contribution in [1.29, 1.82) is 0 Å². The van der Waals surface area contributed by atoms with E-state index in [0.717, 1.165) is 34.2 Å². The van der Waals surface area contributed by atoms with Crippen molar-refractivity contribution in [2.24, 2.45) is 0 Å². The third kappa shape index (κ3) is 2.63. The molecular formula is C17H17NO2S. The van der Waals surface area contributed by atoms with E-state index in [9.17, 15) is 4.79 Å². The number of nitrogens with zero attached hydrogens (tertiary/aromatic N) is 1. The summed E-state index contributed by atoms with van der Waals surface area (Å²) in [6.45, 7) is 2.70. The van der Waals surface area contributed by atoms with E-state index in [1.807, 2.05) is 48.2 Å². The number of amides is 1. The van der Waals surface area contributed by atoms with E-state index in [-0.39, 0.29) is 5.91 Å². The third-order valence-corrected chi connectivity index (χ3v) is 4.67. The summed E-state index contributed by atoms with van der Waals surface area (Å²) in [4.78, 5) is 15.8. The molecule has 3 rings (SSSR count). The highest BCUT2D eigenvalue weighted by molar-refractivity contribution is 7.99. The zero-order chi connectivity index (χ0) is 14.8. The fourth-order valence-electron chi connectivity index (χ4n) is 2.49. The Labute approximate surface area is 128 Å². The second-order valence-electron chi connectivity index (χ2n) is 4.96. The number of fused-ring (bicyclic) bond motifs is 1. The Balaban J connectivity index is 1.96. The van der Waals surface area contributed by atoms with Gasteiger partial charge in [0.1, 0.15) is 5.75 Å². The summed E-state index contributed by atoms with van der Waals surface area (Å²) in [5.41, 5.74) is 2.70. The summed E-state index contributed by atoms with van der Waals surface area (Å²) in [6.07, 6.45) is 0. The number of carbonyl (C=O) groups excluding carboxylic acids is 1. The van der Waals surface area contributed by atoms with Gasteiger partial charge in [-0.15, -0.1) is 11.8 Å². The van der Waals surface area contributed by atoms with E-state index >= 15 is 0 Å². The highest BCUT2D eigenvalue weighted by atomic mass is 32.2. The Bertz CT molecular complexity index is 684. The first-order chi connectivity index (χ1) is 10.2. The van der Waals surface area contributed by atoms with E-state index in [0.29, 0.717) is 5.56 Å². The van der Waals surface area contributed by atoms with Crippen LogP contribution in [0.5, 0.6) is 5.75 Å². The van der Waals surface area contributed by atoms with E-state index in [4.69, 9.17) is 4.74 Å². The molecule has 0 spiro atoms. The van der Waals surface area contributed by atoms with Crippen LogP contribution in [0.1, 0.15) is 15.9 Å². The van der Waals surface area contributed by atoms with Gasteiger partial charge in [0.25, 0.3) is 5.91 Å². The highest BCUT2D eigenvalue weighted by Gasteiger charge is 2.24. The fourth-order valence-corrected chi connectivity index (χ4v) is 3.48. The van der Waals surface area contributed by atoms with Crippen molar-refractivity contribution >= 4 is 23.4 Å². The molecule has 0 saturated heterocycles. The van der Waals surface area contributed by atoms with Gasteiger partial charge in [0.05, 0.1) is 12.8 Å². The lowest BCUT2D eigenvalue weighted by atomic mass is 10.1. The summed E-state index contributed by atoms with van der Waals surface area (Å²) >= 11 is 1.80. The molecule has 0 bridgehead atoms. The molecule has 2 aromatic rings. The van der Waals surface area contributed by atoms with Gasteiger partial charge in [-0.25, -0.2) is 0 Å². The maximum absolute atomic E-state index is 12.8. The van der Waals surface area contributed by atoms with Crippen LogP contribution in [0.25, 0.3) is 0 Å². The molecule has 1 aliphatic rings. The molecule has 0 N–H and O–H groups in total. The van der Waals surface area contributed by atoms with Gasteiger partial charge in [-0.05, 0) is 36.8 Å². The van der Waals surface area contributed by atoms with Gasteiger partial charge in [0.15, 0.2) is 0 Å². The summed E-state index contributed by atoms with van der Waals surface area (Å²) < 4.78 is 5.32. The quantitative estimate of drug-likeness (QED) is 0.845. The maximum atomic E-state index is 12.8. The first-order valence-electron chi connectivity index (χ1n) is 6.89. The fraction of sp³-hybridized carbons (Fsp3) is 0.235. The number of ether oxygens (including phenoxy) is 1. The predicted octanol–water partition coefficient (Wildman–Crippen LogP) is 3.76. The summed E-state index contributed by atoms with van der Waals surface area (Å²) in [5.74, 6) is 1.70. The molecule has 0 atom stereocenters. The number of benzene rings is 2. The van der Waals surface area contributed by atoms with Crippen molar-refractivity contribution < 1.29 is 9.53 Å². The van der Waals surface area contributed by atoms with Gasteiger partial charge >= 0.3 is 0 Å². The average molecular weight is 299 g/mol. The second-order valence-corrected chi connectivity index (χ2v) is 6.09. The average Bonchev–Trinajstić information content (AvgIpc) is 2.54. The van der Waals surface area contributed by atoms with E-state index in [1.165, 1.54) is 0 Å². The largest absolute Gasteiger partial charge is 0.496 e. The van der Waals surface area contributed by atoms with Crippen molar-refractivity contribution in [2.45, 2.75) is 11.8 Å². The van der Waals surface area contributed by atoms with Crippen LogP contribution < -0.4 is 9.64 Å². The van der Waals surface area contributed by atoms with Crippen LogP contribution in [0, 0.1) is 6.92 Å². The van der Waals surface area contributed by atoms with Gasteiger partial charge in [0, 0.05) is 22.8 Å². The molecule has 0 aliphatic carbocycles. The standard InChI is InChI=1S/C17H17NO2S/c1-12-7-8-13(11-15(12)20-2)17(19)18-9-10-21-16-6-4-3-5-14(16)18/h3-8,11H,9-10H2,1-2H3. The number of methoxy groups -OCH3 is 1. The Morgan fingerprint density at radius 2 is 2.05 bits per heavy atom. The molecular weight excluding hydrogens is 282 g/mol. The van der Waals surface area contributed by atoms with Gasteiger partial charge in [-0.1, -0.05) is 18.2 Å². The van der Waals surface area contributed by atoms with Crippen LogP contribution in [0.4, 0.5) is 5.69 Å². The number of thioether (sulfide) groups is 1. The number of hydrogen-bond donors (Lipinski definition) is 0. The lowest BCUT2D eigenvalue weighted by Gasteiger charge is -2.29. The predicted molar refractivity (Wildman–Crippen MR) is 86.6 cm³/mol. The molecule has 108 valence electrons. The van der Waals surface area contributed by atoms with E-state index < -0.39 is 0 Å². The minimum absolute atomic E-state index is 0.0288. The van der Waals surface area contributed by atoms with Crippen molar-refractivity contribution in [3.8, 4) is 5.75 Å². The zero-order valence-electron chi connectivity index (χ0n) is 12.1. The maximum Gasteiger partial charge on any atom is 0.258 e. The number of para-hydroxylation sites is 1. The lowest BCUT2D eigenvalue weighted by Crippen LogP contribution is -2.35. The van der Waals surface area contributed by atoms with Crippen LogP contribution in [0.2, 0.25) is 0 Å². The van der Waals surface area contributed by atoms with Crippen molar-refractivity contribution in [1.82, 2.24) is 0 Å². The number of hydrogen-bond acceptors (Lipinski definition) is 3. The van der Waals surface area contributed by atoms with Crippen LogP contribution in [-0.2, 0) is 0 Å². The smallest absolute Gasteiger partial charge is 0.258 e. The van der Waals surface area contributed by atoms with E-state index in [2.05, 4.69) is 6.07 Å². The monoisotopic (exact) mass is 299 g/mol. The number of carbonyl (C=O) groups is 1. The van der Waals surface area contributed by atoms with Crippen molar-refractivity contribution in [2.75, 3.05) is 24.3 Å². The van der Waals surface area contributed by atoms with Crippen LogP contribution >= 0.6 is 11.8 Å². The molecule has 0 fully saturated rings. The molecule has 1 heterocycles. The lowest BCUT2D eigenvalue weighted by molar-refractivity contribution is 0.0987. The van der Waals surface area contributed by atoms with Gasteiger partial charge < -0.3 is 9.64 Å². The summed E-state index contributed by atoms with van der Waals surface area (Å²) in [6, 6.07) is 13.7. The molecule has 1 aliphatic heterocycles. The van der Waals surface area contributed by atoms with Crippen LogP contribution in [0.3, 0.4) is 0 Å². The first-order valence-corrected chi connectivity index (χ1v) is 7.87. The SMILES string of the molecule is COc1cc(C(=O)N2CCSc3ccccc32)ccc1C. The molecule has 4 heteroatoms. The van der Waals surface area contributed by atoms with Crippen molar-refractivity contribution in [3.05, 3.63) is 53.6 Å². The zero-order valence-corrected chi connectivity index (χ0v) is 12.9. The molecule has 0 aromatic heterocycles.